The Morgan fingerprint density at radius 2 is 2.35 bits per heavy atom. The molecule has 2 aromatic heterocycles. The van der Waals surface area contributed by atoms with Gasteiger partial charge >= 0.3 is 5.97 Å². The number of aryl methyl sites for hydroxylation is 2. The molecule has 2 rings (SSSR count). The molecule has 0 aliphatic heterocycles. The SMILES string of the molecule is CCOC(=O)c1sc(N/N=C\c2sccc2C)nc1C. The first kappa shape index (κ1) is 14.7. The van der Waals surface area contributed by atoms with Crippen molar-refractivity contribution >= 4 is 40.0 Å². The Kier molecular flexibility index (Phi) is 4.86. The second kappa shape index (κ2) is 6.62. The summed E-state index contributed by atoms with van der Waals surface area (Å²) in [7, 11) is 0. The van der Waals surface area contributed by atoms with Gasteiger partial charge in [-0.15, -0.1) is 11.3 Å². The first-order valence-corrected chi connectivity index (χ1v) is 7.79. The molecule has 0 fully saturated rings. The van der Waals surface area contributed by atoms with Gasteiger partial charge in [-0.25, -0.2) is 9.78 Å². The van der Waals surface area contributed by atoms with Crippen molar-refractivity contribution in [3.63, 3.8) is 0 Å². The van der Waals surface area contributed by atoms with E-state index < -0.39 is 0 Å². The zero-order chi connectivity index (χ0) is 14.5. The van der Waals surface area contributed by atoms with Gasteiger partial charge in [-0.1, -0.05) is 11.3 Å². The lowest BCUT2D eigenvalue weighted by Gasteiger charge is -1.97. The van der Waals surface area contributed by atoms with Crippen molar-refractivity contribution in [2.45, 2.75) is 20.8 Å². The average Bonchev–Trinajstić information content (AvgIpc) is 2.97. The van der Waals surface area contributed by atoms with Gasteiger partial charge in [0.15, 0.2) is 0 Å². The smallest absolute Gasteiger partial charge is 0.350 e. The van der Waals surface area contributed by atoms with E-state index in [4.69, 9.17) is 4.74 Å². The van der Waals surface area contributed by atoms with Crippen LogP contribution >= 0.6 is 22.7 Å². The molecule has 0 bridgehead atoms. The quantitative estimate of drug-likeness (QED) is 0.522. The fraction of sp³-hybridized carbons (Fsp3) is 0.308. The van der Waals surface area contributed by atoms with Crippen molar-refractivity contribution in [2.75, 3.05) is 12.0 Å². The summed E-state index contributed by atoms with van der Waals surface area (Å²) in [5, 5.41) is 6.73. The summed E-state index contributed by atoms with van der Waals surface area (Å²) >= 11 is 2.87. The van der Waals surface area contributed by atoms with Gasteiger partial charge in [0.1, 0.15) is 4.88 Å². The number of rotatable bonds is 5. The largest absolute Gasteiger partial charge is 0.462 e. The van der Waals surface area contributed by atoms with E-state index >= 15 is 0 Å². The van der Waals surface area contributed by atoms with E-state index in [1.54, 1.807) is 31.4 Å². The molecular weight excluding hydrogens is 294 g/mol. The van der Waals surface area contributed by atoms with E-state index in [-0.39, 0.29) is 5.97 Å². The van der Waals surface area contributed by atoms with Crippen molar-refractivity contribution in [2.24, 2.45) is 5.10 Å². The first-order valence-electron chi connectivity index (χ1n) is 6.09. The number of nitrogens with zero attached hydrogens (tertiary/aromatic N) is 2. The van der Waals surface area contributed by atoms with Gasteiger partial charge in [-0.05, 0) is 37.8 Å². The normalized spacial score (nSPS) is 10.9. The number of hydrazone groups is 1. The van der Waals surface area contributed by atoms with Crippen molar-refractivity contribution in [1.82, 2.24) is 4.98 Å². The molecule has 0 saturated heterocycles. The van der Waals surface area contributed by atoms with Crippen LogP contribution in [0.4, 0.5) is 5.13 Å². The Hall–Kier alpha value is -1.73. The number of thiophene rings is 1. The lowest BCUT2D eigenvalue weighted by molar-refractivity contribution is 0.0531. The standard InChI is InChI=1S/C13H15N3O2S2/c1-4-18-12(17)11-9(3)15-13(20-11)16-14-7-10-8(2)5-6-19-10/h5-7H,4H2,1-3H3,(H,15,16)/b14-7-. The maximum absolute atomic E-state index is 11.7. The van der Waals surface area contributed by atoms with E-state index in [9.17, 15) is 4.79 Å². The van der Waals surface area contributed by atoms with Crippen LogP contribution in [0.5, 0.6) is 0 Å². The van der Waals surface area contributed by atoms with Crippen LogP contribution in [0.2, 0.25) is 0 Å². The van der Waals surface area contributed by atoms with Crippen molar-refractivity contribution in [1.29, 1.82) is 0 Å². The number of aromatic nitrogens is 1. The number of anilines is 1. The zero-order valence-corrected chi connectivity index (χ0v) is 13.1. The molecule has 106 valence electrons. The summed E-state index contributed by atoms with van der Waals surface area (Å²) < 4.78 is 4.97. The second-order valence-electron chi connectivity index (χ2n) is 3.99. The predicted molar refractivity (Wildman–Crippen MR) is 83.1 cm³/mol. The molecule has 0 aliphatic rings. The molecule has 0 saturated carbocycles. The van der Waals surface area contributed by atoms with Gasteiger partial charge in [0.05, 0.1) is 18.5 Å². The number of hydrogen-bond acceptors (Lipinski definition) is 7. The molecule has 0 atom stereocenters. The monoisotopic (exact) mass is 309 g/mol. The third-order valence-corrected chi connectivity index (χ3v) is 4.50. The minimum atomic E-state index is -0.339. The van der Waals surface area contributed by atoms with Gasteiger partial charge < -0.3 is 4.74 Å². The molecule has 0 radical (unpaired) electrons. The fourth-order valence-electron chi connectivity index (χ4n) is 1.49. The Morgan fingerprint density at radius 1 is 1.55 bits per heavy atom. The van der Waals surface area contributed by atoms with E-state index in [0.717, 1.165) is 4.88 Å². The Labute approximate surface area is 125 Å². The minimum Gasteiger partial charge on any atom is -0.462 e. The number of carbonyl (C=O) groups excluding carboxylic acids is 1. The molecule has 1 N–H and O–H groups in total. The van der Waals surface area contributed by atoms with Gasteiger partial charge in [0.25, 0.3) is 0 Å². The van der Waals surface area contributed by atoms with Crippen LogP contribution in [0.15, 0.2) is 16.5 Å². The Morgan fingerprint density at radius 3 is 3.00 bits per heavy atom. The number of ether oxygens (including phenoxy) is 1. The van der Waals surface area contributed by atoms with E-state index in [1.807, 2.05) is 18.4 Å². The minimum absolute atomic E-state index is 0.339. The maximum atomic E-state index is 11.7. The summed E-state index contributed by atoms with van der Waals surface area (Å²) in [6.07, 6.45) is 1.75. The maximum Gasteiger partial charge on any atom is 0.350 e. The van der Waals surface area contributed by atoms with Crippen molar-refractivity contribution in [3.05, 3.63) is 32.5 Å². The van der Waals surface area contributed by atoms with Gasteiger partial charge in [0.2, 0.25) is 5.13 Å². The van der Waals surface area contributed by atoms with Crippen LogP contribution in [0.3, 0.4) is 0 Å². The molecule has 0 aromatic carbocycles. The molecule has 0 amide bonds. The Bertz CT molecular complexity index is 631. The zero-order valence-electron chi connectivity index (χ0n) is 11.5. The van der Waals surface area contributed by atoms with Crippen LogP contribution < -0.4 is 5.43 Å². The van der Waals surface area contributed by atoms with E-state index in [1.165, 1.54) is 16.9 Å². The highest BCUT2D eigenvalue weighted by atomic mass is 32.1. The summed E-state index contributed by atoms with van der Waals surface area (Å²) in [6, 6.07) is 2.04. The van der Waals surface area contributed by atoms with Gasteiger partial charge in [0, 0.05) is 4.88 Å². The lowest BCUT2D eigenvalue weighted by Crippen LogP contribution is -2.03. The van der Waals surface area contributed by atoms with Crippen LogP contribution in [0, 0.1) is 13.8 Å². The summed E-state index contributed by atoms with van der Waals surface area (Å²) in [5.74, 6) is -0.339. The van der Waals surface area contributed by atoms with Crippen LogP contribution in [-0.2, 0) is 4.74 Å². The van der Waals surface area contributed by atoms with Crippen molar-refractivity contribution < 1.29 is 9.53 Å². The molecule has 0 unspecified atom stereocenters. The predicted octanol–water partition coefficient (Wildman–Crippen LogP) is 3.44. The highest BCUT2D eigenvalue weighted by molar-refractivity contribution is 7.17. The lowest BCUT2D eigenvalue weighted by atomic mass is 10.3. The van der Waals surface area contributed by atoms with Crippen LogP contribution in [-0.4, -0.2) is 23.8 Å². The molecule has 5 nitrogen and oxygen atoms in total. The van der Waals surface area contributed by atoms with Crippen LogP contribution in [0.25, 0.3) is 0 Å². The first-order chi connectivity index (χ1) is 9.61. The van der Waals surface area contributed by atoms with Gasteiger partial charge in [-0.2, -0.15) is 5.10 Å². The molecule has 20 heavy (non-hydrogen) atoms. The van der Waals surface area contributed by atoms with E-state index in [2.05, 4.69) is 15.5 Å². The van der Waals surface area contributed by atoms with Crippen molar-refractivity contribution in [3.8, 4) is 0 Å². The Balaban J connectivity index is 2.04. The molecule has 2 aromatic rings. The van der Waals surface area contributed by atoms with E-state index in [0.29, 0.717) is 22.3 Å². The topological polar surface area (TPSA) is 63.6 Å². The highest BCUT2D eigenvalue weighted by Crippen LogP contribution is 2.23. The number of esters is 1. The molecule has 7 heteroatoms. The molecule has 0 spiro atoms. The highest BCUT2D eigenvalue weighted by Gasteiger charge is 2.15. The molecule has 0 aliphatic carbocycles. The van der Waals surface area contributed by atoms with Crippen LogP contribution in [0.1, 0.15) is 32.7 Å². The van der Waals surface area contributed by atoms with Gasteiger partial charge in [-0.3, -0.25) is 5.43 Å². The number of carbonyl (C=O) groups is 1. The second-order valence-corrected chi connectivity index (χ2v) is 5.94. The molecule has 2 heterocycles. The summed E-state index contributed by atoms with van der Waals surface area (Å²) in [5.41, 5.74) is 4.68. The molecular formula is C13H15N3O2S2. The number of thiazole rings is 1. The number of hydrogen-bond donors (Lipinski definition) is 1. The number of nitrogens with one attached hydrogen (secondary N) is 1. The average molecular weight is 309 g/mol. The third-order valence-electron chi connectivity index (χ3n) is 2.50. The summed E-state index contributed by atoms with van der Waals surface area (Å²) in [6.45, 7) is 5.95. The third kappa shape index (κ3) is 3.43. The summed E-state index contributed by atoms with van der Waals surface area (Å²) in [4.78, 5) is 17.5. The fourth-order valence-corrected chi connectivity index (χ4v) is 3.09.